The van der Waals surface area contributed by atoms with Gasteiger partial charge < -0.3 is 16.0 Å². The topological polar surface area (TPSA) is 54.2 Å². The van der Waals surface area contributed by atoms with E-state index in [2.05, 4.69) is 29.0 Å². The van der Waals surface area contributed by atoms with Gasteiger partial charge >= 0.3 is 0 Å². The zero-order chi connectivity index (χ0) is 15.2. The smallest absolute Gasteiger partial charge is 0.133 e. The fourth-order valence-corrected chi connectivity index (χ4v) is 2.47. The van der Waals surface area contributed by atoms with E-state index in [0.29, 0.717) is 11.5 Å². The van der Waals surface area contributed by atoms with Crippen molar-refractivity contribution in [3.8, 4) is 0 Å². The fraction of sp³-hybridized carbons (Fsp3) is 0.438. The molecule has 0 radical (unpaired) electrons. The van der Waals surface area contributed by atoms with Crippen LogP contribution in [0, 0.1) is 5.82 Å². The molecule has 0 bridgehead atoms. The lowest BCUT2D eigenvalue weighted by Crippen LogP contribution is -2.25. The van der Waals surface area contributed by atoms with Gasteiger partial charge in [0.2, 0.25) is 0 Å². The molecule has 0 saturated carbocycles. The van der Waals surface area contributed by atoms with Gasteiger partial charge in [-0.15, -0.1) is 0 Å². The Balaban J connectivity index is 2.05. The van der Waals surface area contributed by atoms with Crippen LogP contribution < -0.4 is 11.1 Å². The minimum absolute atomic E-state index is 0.334. The van der Waals surface area contributed by atoms with Gasteiger partial charge in [-0.3, -0.25) is 0 Å². The molecule has 1 aromatic carbocycles. The first kappa shape index (κ1) is 15.5. The van der Waals surface area contributed by atoms with E-state index in [1.165, 1.54) is 12.1 Å². The average Bonchev–Trinajstić information content (AvgIpc) is 2.48. The summed E-state index contributed by atoms with van der Waals surface area (Å²) in [6, 6.07) is 4.63. The van der Waals surface area contributed by atoms with Crippen molar-refractivity contribution in [2.75, 3.05) is 37.2 Å². The molecule has 5 heteroatoms. The molecule has 2 rings (SSSR count). The minimum Gasteiger partial charge on any atom is -0.398 e. The Morgan fingerprint density at radius 3 is 2.71 bits per heavy atom. The van der Waals surface area contributed by atoms with Crippen molar-refractivity contribution in [2.24, 2.45) is 0 Å². The molecule has 0 aliphatic carbocycles. The number of benzene rings is 1. The lowest BCUT2D eigenvalue weighted by atomic mass is 10.1. The van der Waals surface area contributed by atoms with Crippen molar-refractivity contribution in [3.63, 3.8) is 0 Å². The van der Waals surface area contributed by atoms with Crippen LogP contribution in [0.3, 0.4) is 0 Å². The zero-order valence-corrected chi connectivity index (χ0v) is 12.7. The van der Waals surface area contributed by atoms with Gasteiger partial charge in [0.1, 0.15) is 11.6 Å². The Morgan fingerprint density at radius 2 is 2.00 bits per heavy atom. The Kier molecular flexibility index (Phi) is 5.33. The minimum atomic E-state index is -0.334. The molecule has 0 spiro atoms. The summed E-state index contributed by atoms with van der Waals surface area (Å²) in [6.45, 7) is 8.29. The number of hydrogen-bond donors (Lipinski definition) is 2. The highest BCUT2D eigenvalue weighted by atomic mass is 19.1. The predicted molar refractivity (Wildman–Crippen MR) is 87.0 cm³/mol. The van der Waals surface area contributed by atoms with Crippen LogP contribution in [0.4, 0.5) is 15.9 Å². The third-order valence-electron chi connectivity index (χ3n) is 3.71. The van der Waals surface area contributed by atoms with Crippen LogP contribution in [0.15, 0.2) is 24.4 Å². The van der Waals surface area contributed by atoms with Gasteiger partial charge in [-0.1, -0.05) is 13.8 Å². The number of pyridine rings is 1. The maximum Gasteiger partial charge on any atom is 0.133 e. The number of aromatic nitrogens is 1. The second kappa shape index (κ2) is 7.22. The number of nitrogen functional groups attached to an aromatic ring is 1. The number of nitrogens with two attached hydrogens (primary N) is 1. The number of nitrogens with one attached hydrogen (secondary N) is 1. The first-order valence-corrected chi connectivity index (χ1v) is 7.45. The molecule has 4 nitrogen and oxygen atoms in total. The zero-order valence-electron chi connectivity index (χ0n) is 12.7. The maximum atomic E-state index is 13.5. The van der Waals surface area contributed by atoms with Crippen molar-refractivity contribution in [1.29, 1.82) is 0 Å². The molecule has 21 heavy (non-hydrogen) atoms. The Hall–Kier alpha value is -1.88. The van der Waals surface area contributed by atoms with Crippen LogP contribution in [0.5, 0.6) is 0 Å². The molecule has 3 N–H and O–H groups in total. The first-order valence-electron chi connectivity index (χ1n) is 7.45. The van der Waals surface area contributed by atoms with E-state index < -0.39 is 0 Å². The summed E-state index contributed by atoms with van der Waals surface area (Å²) >= 11 is 0. The van der Waals surface area contributed by atoms with E-state index in [9.17, 15) is 4.39 Å². The molecule has 0 unspecified atom stereocenters. The van der Waals surface area contributed by atoms with Crippen molar-refractivity contribution in [2.45, 2.75) is 20.3 Å². The molecular formula is C16H23FN4. The van der Waals surface area contributed by atoms with E-state index >= 15 is 0 Å². The number of nitrogens with zero attached hydrogens (tertiary/aromatic N) is 2. The molecule has 1 heterocycles. The van der Waals surface area contributed by atoms with Gasteiger partial charge in [0.25, 0.3) is 0 Å². The third-order valence-corrected chi connectivity index (χ3v) is 3.71. The van der Waals surface area contributed by atoms with Gasteiger partial charge in [0, 0.05) is 29.2 Å². The van der Waals surface area contributed by atoms with Gasteiger partial charge in [-0.05, 0) is 44.3 Å². The van der Waals surface area contributed by atoms with Gasteiger partial charge in [0.05, 0.1) is 0 Å². The summed E-state index contributed by atoms with van der Waals surface area (Å²) in [5, 5.41) is 4.85. The van der Waals surface area contributed by atoms with Crippen LogP contribution in [0.25, 0.3) is 10.8 Å². The Bertz CT molecular complexity index is 596. The van der Waals surface area contributed by atoms with Crippen LogP contribution in [-0.4, -0.2) is 36.1 Å². The molecule has 0 aliphatic heterocycles. The van der Waals surface area contributed by atoms with E-state index in [1.807, 2.05) is 6.07 Å². The average molecular weight is 290 g/mol. The fourth-order valence-electron chi connectivity index (χ4n) is 2.47. The maximum absolute atomic E-state index is 13.5. The normalized spacial score (nSPS) is 11.2. The third kappa shape index (κ3) is 3.82. The Morgan fingerprint density at radius 1 is 1.24 bits per heavy atom. The molecule has 1 aromatic heterocycles. The molecular weight excluding hydrogens is 267 g/mol. The highest BCUT2D eigenvalue weighted by Gasteiger charge is 2.07. The molecule has 0 amide bonds. The molecule has 0 saturated heterocycles. The summed E-state index contributed by atoms with van der Waals surface area (Å²) in [5.74, 6) is 0.359. The summed E-state index contributed by atoms with van der Waals surface area (Å²) in [5.41, 5.74) is 6.30. The number of rotatable bonds is 7. The van der Waals surface area contributed by atoms with Gasteiger partial charge in [-0.2, -0.15) is 0 Å². The van der Waals surface area contributed by atoms with Crippen molar-refractivity contribution >= 4 is 22.3 Å². The Labute approximate surface area is 125 Å². The molecule has 0 aliphatic rings. The van der Waals surface area contributed by atoms with Gasteiger partial charge in [-0.25, -0.2) is 9.37 Å². The first-order chi connectivity index (χ1) is 10.2. The molecule has 2 aromatic rings. The van der Waals surface area contributed by atoms with Crippen LogP contribution in [0.1, 0.15) is 20.3 Å². The molecule has 114 valence electrons. The van der Waals surface area contributed by atoms with Crippen molar-refractivity contribution in [1.82, 2.24) is 9.88 Å². The predicted octanol–water partition coefficient (Wildman–Crippen LogP) is 3.10. The molecule has 0 fully saturated rings. The van der Waals surface area contributed by atoms with Crippen LogP contribution >= 0.6 is 0 Å². The standard InChI is InChI=1S/C16H23FN4/c1-3-21(4-2)9-5-7-19-16-14-10-12(17)11-15(18)13(14)6-8-20-16/h6,8,10-11H,3-5,7,9,18H2,1-2H3,(H,19,20). The second-order valence-corrected chi connectivity index (χ2v) is 5.06. The second-order valence-electron chi connectivity index (χ2n) is 5.06. The highest BCUT2D eigenvalue weighted by molar-refractivity contribution is 5.99. The summed E-state index contributed by atoms with van der Waals surface area (Å²) in [4.78, 5) is 6.67. The SMILES string of the molecule is CCN(CC)CCCNc1nccc2c(N)cc(F)cc12. The summed E-state index contributed by atoms with van der Waals surface area (Å²) < 4.78 is 13.5. The van der Waals surface area contributed by atoms with Crippen molar-refractivity contribution in [3.05, 3.63) is 30.2 Å². The monoisotopic (exact) mass is 290 g/mol. The van der Waals surface area contributed by atoms with E-state index in [-0.39, 0.29) is 5.82 Å². The lowest BCUT2D eigenvalue weighted by Gasteiger charge is -2.18. The van der Waals surface area contributed by atoms with Crippen LogP contribution in [-0.2, 0) is 0 Å². The van der Waals surface area contributed by atoms with E-state index in [4.69, 9.17) is 5.73 Å². The highest BCUT2D eigenvalue weighted by Crippen LogP contribution is 2.27. The number of fused-ring (bicyclic) bond motifs is 1. The van der Waals surface area contributed by atoms with E-state index in [0.717, 1.165) is 43.4 Å². The summed E-state index contributed by atoms with van der Waals surface area (Å²) in [7, 11) is 0. The van der Waals surface area contributed by atoms with Crippen LogP contribution in [0.2, 0.25) is 0 Å². The van der Waals surface area contributed by atoms with Gasteiger partial charge in [0.15, 0.2) is 0 Å². The van der Waals surface area contributed by atoms with E-state index in [1.54, 1.807) is 6.20 Å². The lowest BCUT2D eigenvalue weighted by molar-refractivity contribution is 0.303. The quantitative estimate of drug-likeness (QED) is 0.608. The number of anilines is 2. The van der Waals surface area contributed by atoms with Crippen molar-refractivity contribution < 1.29 is 4.39 Å². The summed E-state index contributed by atoms with van der Waals surface area (Å²) in [6.07, 6.45) is 2.72. The molecule has 0 atom stereocenters. The number of hydrogen-bond acceptors (Lipinski definition) is 4. The number of halogens is 1. The largest absolute Gasteiger partial charge is 0.398 e.